The molecule has 0 spiro atoms. The van der Waals surface area contributed by atoms with Crippen molar-refractivity contribution in [3.05, 3.63) is 65.9 Å². The smallest absolute Gasteiger partial charge is 0.339 e. The molecule has 0 amide bonds. The number of ether oxygens (including phenoxy) is 1. The Morgan fingerprint density at radius 2 is 2.04 bits per heavy atom. The molecule has 2 heterocycles. The first-order valence-corrected chi connectivity index (χ1v) is 7.92. The van der Waals surface area contributed by atoms with Crippen molar-refractivity contribution < 1.29 is 13.9 Å². The number of carbonyl (C=O) groups excluding carboxylic acids is 1. The second-order valence-corrected chi connectivity index (χ2v) is 6.01. The second kappa shape index (κ2) is 5.67. The summed E-state index contributed by atoms with van der Waals surface area (Å²) < 4.78 is 21.4. The van der Waals surface area contributed by atoms with Gasteiger partial charge in [-0.15, -0.1) is 0 Å². The standard InChI is InChI=1S/C19H17FN2O2/c1-24-19(23)15-11-21-18(17(15)12-4-5-12)14-7-6-13(10-16(14)20)22-8-2-3-9-22/h2-3,6-12,21H,4-5H2,1H3. The average Bonchev–Trinajstić information content (AvgIpc) is 3.12. The molecule has 0 saturated heterocycles. The third-order valence-electron chi connectivity index (χ3n) is 4.44. The van der Waals surface area contributed by atoms with E-state index in [2.05, 4.69) is 4.98 Å². The molecule has 1 saturated carbocycles. The van der Waals surface area contributed by atoms with Gasteiger partial charge >= 0.3 is 5.97 Å². The van der Waals surface area contributed by atoms with Crippen molar-refractivity contribution in [1.29, 1.82) is 0 Å². The maximum Gasteiger partial charge on any atom is 0.339 e. The SMILES string of the molecule is COC(=O)c1c[nH]c(-c2ccc(-n3cccc3)cc2F)c1C1CC1. The fourth-order valence-electron chi connectivity index (χ4n) is 3.11. The Bertz CT molecular complexity index is 892. The van der Waals surface area contributed by atoms with Gasteiger partial charge in [0.1, 0.15) is 5.82 Å². The van der Waals surface area contributed by atoms with Gasteiger partial charge in [-0.1, -0.05) is 0 Å². The molecule has 1 aliphatic carbocycles. The topological polar surface area (TPSA) is 47.0 Å². The molecule has 1 N–H and O–H groups in total. The third-order valence-corrected chi connectivity index (χ3v) is 4.44. The number of carbonyl (C=O) groups is 1. The first kappa shape index (κ1) is 14.8. The van der Waals surface area contributed by atoms with E-state index >= 15 is 0 Å². The van der Waals surface area contributed by atoms with Crippen LogP contribution in [0.15, 0.2) is 48.9 Å². The van der Waals surface area contributed by atoms with Crippen molar-refractivity contribution in [2.75, 3.05) is 7.11 Å². The maximum absolute atomic E-state index is 14.7. The zero-order valence-corrected chi connectivity index (χ0v) is 13.3. The summed E-state index contributed by atoms with van der Waals surface area (Å²) in [5.74, 6) is -0.408. The number of aromatic nitrogens is 2. The lowest BCUT2D eigenvalue weighted by Gasteiger charge is -2.09. The number of nitrogens with one attached hydrogen (secondary N) is 1. The third kappa shape index (κ3) is 2.42. The van der Waals surface area contributed by atoms with E-state index in [4.69, 9.17) is 4.74 Å². The number of benzene rings is 1. The number of hydrogen-bond acceptors (Lipinski definition) is 2. The summed E-state index contributed by atoms with van der Waals surface area (Å²) in [5, 5.41) is 0. The number of methoxy groups -OCH3 is 1. The summed E-state index contributed by atoms with van der Waals surface area (Å²) in [6.45, 7) is 0. The lowest BCUT2D eigenvalue weighted by atomic mass is 10.0. The minimum Gasteiger partial charge on any atom is -0.465 e. The van der Waals surface area contributed by atoms with Crippen molar-refractivity contribution in [3.8, 4) is 16.9 Å². The predicted molar refractivity (Wildman–Crippen MR) is 88.8 cm³/mol. The minimum atomic E-state index is -0.385. The minimum absolute atomic E-state index is 0.295. The highest BCUT2D eigenvalue weighted by atomic mass is 19.1. The highest BCUT2D eigenvalue weighted by Gasteiger charge is 2.33. The summed E-state index contributed by atoms with van der Waals surface area (Å²) in [6.07, 6.45) is 7.38. The van der Waals surface area contributed by atoms with Crippen LogP contribution in [0.4, 0.5) is 4.39 Å². The molecule has 4 rings (SSSR count). The van der Waals surface area contributed by atoms with Crippen LogP contribution in [0.3, 0.4) is 0 Å². The van der Waals surface area contributed by atoms with Gasteiger partial charge in [-0.2, -0.15) is 0 Å². The van der Waals surface area contributed by atoms with Gasteiger partial charge in [0.25, 0.3) is 0 Å². The first-order chi connectivity index (χ1) is 11.7. The number of H-pyrrole nitrogens is 1. The molecule has 0 bridgehead atoms. The number of hydrogen-bond donors (Lipinski definition) is 1. The Labute approximate surface area is 138 Å². The molecule has 0 aliphatic heterocycles. The van der Waals surface area contributed by atoms with Crippen molar-refractivity contribution in [2.24, 2.45) is 0 Å². The van der Waals surface area contributed by atoms with Crippen molar-refractivity contribution in [3.63, 3.8) is 0 Å². The van der Waals surface area contributed by atoms with Gasteiger partial charge in [0.15, 0.2) is 0 Å². The number of aromatic amines is 1. The van der Waals surface area contributed by atoms with Gasteiger partial charge < -0.3 is 14.3 Å². The number of nitrogens with zero attached hydrogens (tertiary/aromatic N) is 1. The van der Waals surface area contributed by atoms with Gasteiger partial charge in [0.05, 0.1) is 18.4 Å². The van der Waals surface area contributed by atoms with Crippen molar-refractivity contribution in [1.82, 2.24) is 9.55 Å². The normalized spacial score (nSPS) is 13.9. The molecule has 2 aromatic heterocycles. The summed E-state index contributed by atoms with van der Waals surface area (Å²) in [7, 11) is 1.36. The molecule has 24 heavy (non-hydrogen) atoms. The molecule has 4 nitrogen and oxygen atoms in total. The lowest BCUT2D eigenvalue weighted by Crippen LogP contribution is -2.03. The summed E-state index contributed by atoms with van der Waals surface area (Å²) in [6, 6.07) is 8.91. The predicted octanol–water partition coefficient (Wildman–Crippen LogP) is 4.28. The average molecular weight is 324 g/mol. The van der Waals surface area contributed by atoms with Crippen LogP contribution in [0.25, 0.3) is 16.9 Å². The van der Waals surface area contributed by atoms with Gasteiger partial charge in [-0.05, 0) is 54.7 Å². The van der Waals surface area contributed by atoms with Crippen LogP contribution >= 0.6 is 0 Å². The van der Waals surface area contributed by atoms with E-state index in [1.807, 2.05) is 35.2 Å². The zero-order chi connectivity index (χ0) is 16.7. The molecule has 0 radical (unpaired) electrons. The van der Waals surface area contributed by atoms with Gasteiger partial charge in [0, 0.05) is 29.8 Å². The van der Waals surface area contributed by atoms with Crippen LogP contribution < -0.4 is 0 Å². The molecule has 1 aromatic carbocycles. The Kier molecular flexibility index (Phi) is 3.49. The first-order valence-electron chi connectivity index (χ1n) is 7.92. The molecule has 1 aliphatic rings. The fourth-order valence-corrected chi connectivity index (χ4v) is 3.11. The molecule has 0 unspecified atom stereocenters. The van der Waals surface area contributed by atoms with Crippen LogP contribution in [0.1, 0.15) is 34.7 Å². The monoisotopic (exact) mass is 324 g/mol. The van der Waals surface area contributed by atoms with E-state index in [1.54, 1.807) is 12.3 Å². The van der Waals surface area contributed by atoms with E-state index in [1.165, 1.54) is 13.2 Å². The maximum atomic E-state index is 14.7. The Morgan fingerprint density at radius 3 is 2.67 bits per heavy atom. The Morgan fingerprint density at radius 1 is 1.29 bits per heavy atom. The van der Waals surface area contributed by atoms with Crippen LogP contribution in [0.5, 0.6) is 0 Å². The Hall–Kier alpha value is -2.82. The van der Waals surface area contributed by atoms with E-state index in [-0.39, 0.29) is 11.8 Å². The van der Waals surface area contributed by atoms with Crippen LogP contribution in [-0.4, -0.2) is 22.6 Å². The largest absolute Gasteiger partial charge is 0.465 e. The van der Waals surface area contributed by atoms with Crippen LogP contribution in [0.2, 0.25) is 0 Å². The fraction of sp³-hybridized carbons (Fsp3) is 0.211. The highest BCUT2D eigenvalue weighted by Crippen LogP contribution is 2.46. The van der Waals surface area contributed by atoms with Crippen molar-refractivity contribution in [2.45, 2.75) is 18.8 Å². The summed E-state index contributed by atoms with van der Waals surface area (Å²) >= 11 is 0. The zero-order valence-electron chi connectivity index (χ0n) is 13.3. The van der Waals surface area contributed by atoms with E-state index < -0.39 is 0 Å². The molecular formula is C19H17FN2O2. The van der Waals surface area contributed by atoms with Crippen LogP contribution in [0, 0.1) is 5.82 Å². The molecule has 3 aromatic rings. The summed E-state index contributed by atoms with van der Waals surface area (Å²) in [4.78, 5) is 15.0. The van der Waals surface area contributed by atoms with E-state index in [0.717, 1.165) is 24.1 Å². The van der Waals surface area contributed by atoms with Gasteiger partial charge in [-0.25, -0.2) is 9.18 Å². The lowest BCUT2D eigenvalue weighted by molar-refractivity contribution is 0.0599. The quantitative estimate of drug-likeness (QED) is 0.728. The molecule has 1 fully saturated rings. The number of rotatable bonds is 4. The van der Waals surface area contributed by atoms with E-state index in [0.29, 0.717) is 22.7 Å². The molecule has 122 valence electrons. The molecule has 5 heteroatoms. The van der Waals surface area contributed by atoms with Gasteiger partial charge in [0.2, 0.25) is 0 Å². The van der Waals surface area contributed by atoms with E-state index in [9.17, 15) is 9.18 Å². The number of halogens is 1. The second-order valence-electron chi connectivity index (χ2n) is 6.01. The molecule has 0 atom stereocenters. The molecular weight excluding hydrogens is 307 g/mol. The highest BCUT2D eigenvalue weighted by molar-refractivity contribution is 5.94. The summed E-state index contributed by atoms with van der Waals surface area (Å²) in [5.41, 5.74) is 3.28. The van der Waals surface area contributed by atoms with Crippen molar-refractivity contribution >= 4 is 5.97 Å². The Balaban J connectivity index is 1.79. The van der Waals surface area contributed by atoms with Gasteiger partial charge in [-0.3, -0.25) is 0 Å². The number of esters is 1. The van der Waals surface area contributed by atoms with Crippen LogP contribution in [-0.2, 0) is 4.74 Å².